The summed E-state index contributed by atoms with van der Waals surface area (Å²) in [6.45, 7) is 6.35. The Bertz CT molecular complexity index is 198. The quantitative estimate of drug-likeness (QED) is 0.729. The molecular formula is C12H24N2O. The van der Waals surface area contributed by atoms with Gasteiger partial charge < -0.3 is 10.4 Å². The van der Waals surface area contributed by atoms with Gasteiger partial charge in [-0.25, -0.2) is 0 Å². The van der Waals surface area contributed by atoms with Gasteiger partial charge in [-0.05, 0) is 19.4 Å². The second-order valence-electron chi connectivity index (χ2n) is 5.16. The molecule has 0 amide bonds. The van der Waals surface area contributed by atoms with E-state index in [1.165, 1.54) is 19.3 Å². The smallest absolute Gasteiger partial charge is 0.0774 e. The van der Waals surface area contributed by atoms with Crippen molar-refractivity contribution in [3.05, 3.63) is 0 Å². The summed E-state index contributed by atoms with van der Waals surface area (Å²) in [6.07, 6.45) is 5.72. The lowest BCUT2D eigenvalue weighted by Gasteiger charge is -2.43. The van der Waals surface area contributed by atoms with Crippen molar-refractivity contribution in [3.8, 4) is 0 Å². The molecule has 0 aromatic rings. The third-order valence-corrected chi connectivity index (χ3v) is 3.96. The van der Waals surface area contributed by atoms with Crippen LogP contribution in [0.5, 0.6) is 0 Å². The Balaban J connectivity index is 1.86. The minimum atomic E-state index is -0.385. The molecule has 0 radical (unpaired) electrons. The molecule has 0 aromatic heterocycles. The monoisotopic (exact) mass is 212 g/mol. The average Bonchev–Trinajstić information content (AvgIpc) is 2.15. The third kappa shape index (κ3) is 2.71. The minimum Gasteiger partial charge on any atom is -0.389 e. The molecule has 0 unspecified atom stereocenters. The molecule has 1 saturated carbocycles. The van der Waals surface area contributed by atoms with Crippen molar-refractivity contribution in [2.45, 2.75) is 50.7 Å². The van der Waals surface area contributed by atoms with Crippen molar-refractivity contribution in [2.75, 3.05) is 26.2 Å². The molecule has 88 valence electrons. The maximum atomic E-state index is 10.5. The van der Waals surface area contributed by atoms with Crippen LogP contribution in [0.15, 0.2) is 0 Å². The topological polar surface area (TPSA) is 35.5 Å². The number of likely N-dealkylation sites (N-methyl/N-ethyl adjacent to an activating group) is 1. The Morgan fingerprint density at radius 2 is 1.93 bits per heavy atom. The van der Waals surface area contributed by atoms with Gasteiger partial charge in [0.2, 0.25) is 0 Å². The molecular weight excluding hydrogens is 188 g/mol. The third-order valence-electron chi connectivity index (χ3n) is 3.96. The van der Waals surface area contributed by atoms with Crippen LogP contribution in [-0.2, 0) is 0 Å². The fourth-order valence-corrected chi connectivity index (χ4v) is 2.78. The Hall–Kier alpha value is -0.120. The Labute approximate surface area is 92.8 Å². The summed E-state index contributed by atoms with van der Waals surface area (Å²) in [5, 5.41) is 13.8. The zero-order valence-corrected chi connectivity index (χ0v) is 9.84. The molecule has 0 atom stereocenters. The van der Waals surface area contributed by atoms with E-state index in [4.69, 9.17) is 0 Å². The van der Waals surface area contributed by atoms with E-state index in [9.17, 15) is 5.11 Å². The molecule has 0 bridgehead atoms. The Morgan fingerprint density at radius 1 is 1.27 bits per heavy atom. The molecule has 3 heteroatoms. The van der Waals surface area contributed by atoms with Gasteiger partial charge in [-0.1, -0.05) is 26.2 Å². The number of rotatable bonds is 4. The van der Waals surface area contributed by atoms with Crippen LogP contribution in [0.4, 0.5) is 0 Å². The van der Waals surface area contributed by atoms with Gasteiger partial charge >= 0.3 is 0 Å². The summed E-state index contributed by atoms with van der Waals surface area (Å²) in [7, 11) is 0. The first kappa shape index (κ1) is 11.4. The first-order valence-corrected chi connectivity index (χ1v) is 6.41. The number of hydrogen-bond acceptors (Lipinski definition) is 3. The fraction of sp³-hybridized carbons (Fsp3) is 1.00. The number of nitrogens with one attached hydrogen (secondary N) is 1. The largest absolute Gasteiger partial charge is 0.389 e. The second kappa shape index (κ2) is 4.81. The highest BCUT2D eigenvalue weighted by atomic mass is 16.3. The molecule has 15 heavy (non-hydrogen) atoms. The lowest BCUT2D eigenvalue weighted by atomic mass is 9.84. The van der Waals surface area contributed by atoms with E-state index in [1.54, 1.807) is 0 Å². The van der Waals surface area contributed by atoms with Gasteiger partial charge in [0.15, 0.2) is 0 Å². The first-order valence-electron chi connectivity index (χ1n) is 6.41. The highest BCUT2D eigenvalue weighted by Gasteiger charge is 2.34. The van der Waals surface area contributed by atoms with Gasteiger partial charge in [0.05, 0.1) is 5.60 Å². The number of aliphatic hydroxyl groups is 1. The molecule has 2 rings (SSSR count). The molecule has 2 N–H and O–H groups in total. The molecule has 1 aliphatic heterocycles. The highest BCUT2D eigenvalue weighted by molar-refractivity contribution is 4.91. The zero-order valence-electron chi connectivity index (χ0n) is 9.84. The number of nitrogens with zero attached hydrogens (tertiary/aromatic N) is 1. The maximum absolute atomic E-state index is 10.5. The van der Waals surface area contributed by atoms with Crippen LogP contribution in [0.3, 0.4) is 0 Å². The van der Waals surface area contributed by atoms with Crippen molar-refractivity contribution < 1.29 is 5.11 Å². The van der Waals surface area contributed by atoms with Gasteiger partial charge in [-0.3, -0.25) is 4.90 Å². The Kier molecular flexibility index (Phi) is 3.65. The Morgan fingerprint density at radius 3 is 2.40 bits per heavy atom. The molecule has 3 nitrogen and oxygen atoms in total. The summed E-state index contributed by atoms with van der Waals surface area (Å²) < 4.78 is 0. The normalized spacial score (nSPS) is 26.6. The zero-order chi connectivity index (χ0) is 10.7. The molecule has 1 aliphatic carbocycles. The van der Waals surface area contributed by atoms with E-state index in [-0.39, 0.29) is 5.60 Å². The van der Waals surface area contributed by atoms with Crippen LogP contribution in [0, 0.1) is 0 Å². The van der Waals surface area contributed by atoms with Crippen LogP contribution in [-0.4, -0.2) is 47.8 Å². The van der Waals surface area contributed by atoms with E-state index in [0.29, 0.717) is 6.04 Å². The predicted octanol–water partition coefficient (Wildman–Crippen LogP) is 0.975. The van der Waals surface area contributed by atoms with Crippen LogP contribution >= 0.6 is 0 Å². The fourth-order valence-electron chi connectivity index (χ4n) is 2.78. The lowest BCUT2D eigenvalue weighted by Crippen LogP contribution is -2.60. The van der Waals surface area contributed by atoms with Gasteiger partial charge in [0.1, 0.15) is 0 Å². The lowest BCUT2D eigenvalue weighted by molar-refractivity contribution is -0.0397. The average molecular weight is 212 g/mol. The van der Waals surface area contributed by atoms with E-state index in [2.05, 4.69) is 17.1 Å². The summed E-state index contributed by atoms with van der Waals surface area (Å²) in [5.74, 6) is 0. The standard InChI is InChI=1S/C12H24N2O/c1-2-14(11-8-13-9-11)10-12(15)6-4-3-5-7-12/h11,13,15H,2-10H2,1H3. The van der Waals surface area contributed by atoms with Gasteiger partial charge in [-0.2, -0.15) is 0 Å². The van der Waals surface area contributed by atoms with Crippen molar-refractivity contribution in [3.63, 3.8) is 0 Å². The van der Waals surface area contributed by atoms with Crippen LogP contribution in [0.25, 0.3) is 0 Å². The van der Waals surface area contributed by atoms with Crippen molar-refractivity contribution in [1.29, 1.82) is 0 Å². The predicted molar refractivity (Wildman–Crippen MR) is 61.9 cm³/mol. The van der Waals surface area contributed by atoms with Crippen LogP contribution < -0.4 is 5.32 Å². The molecule has 0 spiro atoms. The summed E-state index contributed by atoms with van der Waals surface area (Å²) >= 11 is 0. The highest BCUT2D eigenvalue weighted by Crippen LogP contribution is 2.29. The van der Waals surface area contributed by atoms with Crippen LogP contribution in [0.2, 0.25) is 0 Å². The minimum absolute atomic E-state index is 0.385. The summed E-state index contributed by atoms with van der Waals surface area (Å²) in [5.41, 5.74) is -0.385. The van der Waals surface area contributed by atoms with E-state index < -0.39 is 0 Å². The van der Waals surface area contributed by atoms with Crippen molar-refractivity contribution in [2.24, 2.45) is 0 Å². The first-order chi connectivity index (χ1) is 7.23. The summed E-state index contributed by atoms with van der Waals surface area (Å²) in [6, 6.07) is 0.668. The van der Waals surface area contributed by atoms with E-state index in [1.807, 2.05) is 0 Å². The van der Waals surface area contributed by atoms with Crippen molar-refractivity contribution >= 4 is 0 Å². The molecule has 2 fully saturated rings. The van der Waals surface area contributed by atoms with Gasteiger partial charge in [0, 0.05) is 25.7 Å². The maximum Gasteiger partial charge on any atom is 0.0774 e. The van der Waals surface area contributed by atoms with E-state index >= 15 is 0 Å². The SMILES string of the molecule is CCN(CC1(O)CCCCC1)C1CNC1. The van der Waals surface area contributed by atoms with Gasteiger partial charge in [-0.15, -0.1) is 0 Å². The summed E-state index contributed by atoms with van der Waals surface area (Å²) in [4.78, 5) is 2.45. The molecule has 1 saturated heterocycles. The van der Waals surface area contributed by atoms with E-state index in [0.717, 1.165) is 39.0 Å². The second-order valence-corrected chi connectivity index (χ2v) is 5.16. The van der Waals surface area contributed by atoms with Crippen LogP contribution in [0.1, 0.15) is 39.0 Å². The molecule has 0 aromatic carbocycles. The van der Waals surface area contributed by atoms with Gasteiger partial charge in [0.25, 0.3) is 0 Å². The molecule has 1 heterocycles. The van der Waals surface area contributed by atoms with Crippen molar-refractivity contribution in [1.82, 2.24) is 10.2 Å². The number of hydrogen-bond donors (Lipinski definition) is 2. The molecule has 2 aliphatic rings.